The van der Waals surface area contributed by atoms with Crippen molar-refractivity contribution < 1.29 is 9.90 Å². The monoisotopic (exact) mass is 169 g/mol. The van der Waals surface area contributed by atoms with Gasteiger partial charge >= 0.3 is 0 Å². The average Bonchev–Trinajstić information content (AvgIpc) is 2.25. The summed E-state index contributed by atoms with van der Waals surface area (Å²) in [6, 6.07) is 0. The fourth-order valence-electron chi connectivity index (χ4n) is 2.55. The number of aliphatic hydroxyl groups is 1. The van der Waals surface area contributed by atoms with Gasteiger partial charge in [-0.25, -0.2) is 0 Å². The Balaban J connectivity index is 2.22. The molecule has 1 saturated heterocycles. The molecule has 2 N–H and O–H groups in total. The zero-order valence-electron chi connectivity index (χ0n) is 7.34. The third-order valence-electron chi connectivity index (χ3n) is 3.20. The number of amides is 1. The van der Waals surface area contributed by atoms with E-state index in [-0.39, 0.29) is 17.7 Å². The molecule has 0 aromatic heterocycles. The zero-order valence-corrected chi connectivity index (χ0v) is 7.34. The van der Waals surface area contributed by atoms with Crippen molar-refractivity contribution in [3.63, 3.8) is 0 Å². The molecule has 2 fully saturated rings. The molecule has 1 amide bonds. The average molecular weight is 169 g/mol. The second-order valence-corrected chi connectivity index (χ2v) is 4.13. The summed E-state index contributed by atoms with van der Waals surface area (Å²) in [7, 11) is 0. The van der Waals surface area contributed by atoms with Crippen LogP contribution in [0.3, 0.4) is 0 Å². The van der Waals surface area contributed by atoms with Crippen LogP contribution in [0, 0.1) is 11.8 Å². The maximum Gasteiger partial charge on any atom is 0.225 e. The van der Waals surface area contributed by atoms with E-state index in [1.165, 1.54) is 0 Å². The first kappa shape index (κ1) is 8.05. The summed E-state index contributed by atoms with van der Waals surface area (Å²) >= 11 is 0. The van der Waals surface area contributed by atoms with E-state index in [4.69, 9.17) is 0 Å². The topological polar surface area (TPSA) is 49.3 Å². The molecule has 1 aliphatic carbocycles. The Morgan fingerprint density at radius 1 is 1.50 bits per heavy atom. The van der Waals surface area contributed by atoms with E-state index in [0.29, 0.717) is 0 Å². The Hall–Kier alpha value is -0.570. The van der Waals surface area contributed by atoms with Crippen molar-refractivity contribution in [1.29, 1.82) is 0 Å². The van der Waals surface area contributed by atoms with Crippen molar-refractivity contribution in [1.82, 2.24) is 5.32 Å². The summed E-state index contributed by atoms with van der Waals surface area (Å²) in [6.07, 6.45) is 4.21. The normalized spacial score (nSPS) is 47.0. The molecular formula is C9H15NO2. The highest BCUT2D eigenvalue weighted by atomic mass is 16.3. The number of hydrogen-bond donors (Lipinski definition) is 2. The molecule has 3 atom stereocenters. The molecule has 0 spiro atoms. The lowest BCUT2D eigenvalue weighted by atomic mass is 9.77. The van der Waals surface area contributed by atoms with Crippen LogP contribution in [0.15, 0.2) is 0 Å². The van der Waals surface area contributed by atoms with E-state index in [9.17, 15) is 9.90 Å². The second kappa shape index (κ2) is 2.46. The number of hydrogen-bond acceptors (Lipinski definition) is 2. The number of carbonyl (C=O) groups is 1. The van der Waals surface area contributed by atoms with Gasteiger partial charge in [0.2, 0.25) is 5.91 Å². The van der Waals surface area contributed by atoms with Gasteiger partial charge in [0.25, 0.3) is 0 Å². The molecule has 68 valence electrons. The quantitative estimate of drug-likeness (QED) is 0.559. The van der Waals surface area contributed by atoms with E-state index < -0.39 is 5.72 Å². The Labute approximate surface area is 72.2 Å². The van der Waals surface area contributed by atoms with Crippen LogP contribution in [0.4, 0.5) is 0 Å². The molecule has 0 aromatic carbocycles. The number of fused-ring (bicyclic) bond motifs is 1. The minimum Gasteiger partial charge on any atom is -0.371 e. The molecule has 2 rings (SSSR count). The summed E-state index contributed by atoms with van der Waals surface area (Å²) in [6.45, 7) is 1.71. The van der Waals surface area contributed by atoms with Crippen molar-refractivity contribution in [2.24, 2.45) is 11.8 Å². The Kier molecular flexibility index (Phi) is 1.65. The summed E-state index contributed by atoms with van der Waals surface area (Å²) in [5, 5.41) is 12.5. The van der Waals surface area contributed by atoms with Gasteiger partial charge in [0, 0.05) is 11.8 Å². The molecule has 3 unspecified atom stereocenters. The predicted molar refractivity (Wildman–Crippen MR) is 44.2 cm³/mol. The zero-order chi connectivity index (χ0) is 8.77. The van der Waals surface area contributed by atoms with Crippen LogP contribution >= 0.6 is 0 Å². The highest BCUT2D eigenvalue weighted by molar-refractivity contribution is 5.82. The summed E-state index contributed by atoms with van der Waals surface area (Å²) < 4.78 is 0. The molecule has 1 saturated carbocycles. The minimum absolute atomic E-state index is 0.0460. The maximum absolute atomic E-state index is 11.4. The van der Waals surface area contributed by atoms with Crippen LogP contribution in [0.1, 0.15) is 32.6 Å². The van der Waals surface area contributed by atoms with E-state index >= 15 is 0 Å². The van der Waals surface area contributed by atoms with Gasteiger partial charge in [-0.3, -0.25) is 4.79 Å². The maximum atomic E-state index is 11.4. The van der Waals surface area contributed by atoms with Gasteiger partial charge in [-0.15, -0.1) is 0 Å². The van der Waals surface area contributed by atoms with Crippen molar-refractivity contribution in [2.75, 3.05) is 0 Å². The first-order valence-electron chi connectivity index (χ1n) is 4.65. The van der Waals surface area contributed by atoms with Crippen LogP contribution in [0.2, 0.25) is 0 Å². The molecule has 1 heterocycles. The fourth-order valence-corrected chi connectivity index (χ4v) is 2.55. The smallest absolute Gasteiger partial charge is 0.225 e. The van der Waals surface area contributed by atoms with Crippen molar-refractivity contribution in [3.05, 3.63) is 0 Å². The van der Waals surface area contributed by atoms with E-state index in [1.54, 1.807) is 6.92 Å². The molecule has 1 aliphatic heterocycles. The number of nitrogens with one attached hydrogen (secondary N) is 1. The lowest BCUT2D eigenvalue weighted by Gasteiger charge is -2.30. The van der Waals surface area contributed by atoms with Crippen LogP contribution in [0.5, 0.6) is 0 Å². The minimum atomic E-state index is -0.942. The molecule has 0 aromatic rings. The highest BCUT2D eigenvalue weighted by Crippen LogP contribution is 2.40. The Morgan fingerprint density at radius 3 is 2.83 bits per heavy atom. The van der Waals surface area contributed by atoms with Gasteiger partial charge in [-0.05, 0) is 19.8 Å². The summed E-state index contributed by atoms with van der Waals surface area (Å²) in [5.41, 5.74) is -0.942. The number of carbonyl (C=O) groups excluding carboxylic acids is 1. The highest BCUT2D eigenvalue weighted by Gasteiger charge is 2.49. The first-order chi connectivity index (χ1) is 5.61. The lowest BCUT2D eigenvalue weighted by molar-refractivity contribution is -0.124. The van der Waals surface area contributed by atoms with E-state index in [2.05, 4.69) is 5.32 Å². The molecule has 0 radical (unpaired) electrons. The van der Waals surface area contributed by atoms with Gasteiger partial charge in [-0.1, -0.05) is 12.8 Å². The van der Waals surface area contributed by atoms with Crippen LogP contribution in [-0.4, -0.2) is 16.7 Å². The fraction of sp³-hybridized carbons (Fsp3) is 0.889. The van der Waals surface area contributed by atoms with E-state index in [0.717, 1.165) is 25.7 Å². The third-order valence-corrected chi connectivity index (χ3v) is 3.20. The summed E-state index contributed by atoms with van der Waals surface area (Å²) in [5.74, 6) is 0.275. The lowest BCUT2D eigenvalue weighted by Crippen LogP contribution is -2.42. The molecule has 2 aliphatic rings. The number of rotatable bonds is 0. The van der Waals surface area contributed by atoms with Crippen molar-refractivity contribution in [3.8, 4) is 0 Å². The van der Waals surface area contributed by atoms with Gasteiger partial charge in [-0.2, -0.15) is 0 Å². The van der Waals surface area contributed by atoms with Crippen molar-refractivity contribution in [2.45, 2.75) is 38.3 Å². The standard InChI is InChI=1S/C9H15NO2/c1-9(12)7-5-3-2-4-6(7)8(11)10-9/h6-7,12H,2-5H2,1H3,(H,10,11). The van der Waals surface area contributed by atoms with Crippen molar-refractivity contribution >= 4 is 5.91 Å². The largest absolute Gasteiger partial charge is 0.371 e. The molecular weight excluding hydrogens is 154 g/mol. The van der Waals surface area contributed by atoms with E-state index in [1.807, 2.05) is 0 Å². The molecule has 0 bridgehead atoms. The second-order valence-electron chi connectivity index (χ2n) is 4.13. The SMILES string of the molecule is CC1(O)NC(=O)C2CCCCC21. The molecule has 3 heteroatoms. The Morgan fingerprint density at radius 2 is 2.17 bits per heavy atom. The van der Waals surface area contributed by atoms with Gasteiger partial charge in [0.1, 0.15) is 5.72 Å². The van der Waals surface area contributed by atoms with Gasteiger partial charge in [0.15, 0.2) is 0 Å². The van der Waals surface area contributed by atoms with Crippen LogP contribution < -0.4 is 5.32 Å². The summed E-state index contributed by atoms with van der Waals surface area (Å²) in [4.78, 5) is 11.4. The third kappa shape index (κ3) is 1.04. The predicted octanol–water partition coefficient (Wildman–Crippen LogP) is 0.631. The van der Waals surface area contributed by atoms with Gasteiger partial charge < -0.3 is 10.4 Å². The Bertz CT molecular complexity index is 213. The molecule has 12 heavy (non-hydrogen) atoms. The first-order valence-corrected chi connectivity index (χ1v) is 4.65. The van der Waals surface area contributed by atoms with Crippen LogP contribution in [-0.2, 0) is 4.79 Å². The molecule has 3 nitrogen and oxygen atoms in total. The van der Waals surface area contributed by atoms with Gasteiger partial charge in [0.05, 0.1) is 0 Å². The van der Waals surface area contributed by atoms with Crippen LogP contribution in [0.25, 0.3) is 0 Å².